The predicted octanol–water partition coefficient (Wildman–Crippen LogP) is 4.77. The highest BCUT2D eigenvalue weighted by molar-refractivity contribution is 14.1. The number of carbonyl (C=O) groups is 3. The Bertz CT molecular complexity index is 1660. The molecule has 3 amide bonds. The molecule has 2 fully saturated rings. The highest BCUT2D eigenvalue weighted by Gasteiger charge is 2.48. The van der Waals surface area contributed by atoms with Gasteiger partial charge in [-0.2, -0.15) is 5.26 Å². The Hall–Kier alpha value is -4.10. The molecule has 3 atom stereocenters. The van der Waals surface area contributed by atoms with E-state index >= 15 is 0 Å². The van der Waals surface area contributed by atoms with Crippen molar-refractivity contribution in [2.24, 2.45) is 0 Å². The van der Waals surface area contributed by atoms with Gasteiger partial charge in [0.2, 0.25) is 11.8 Å². The van der Waals surface area contributed by atoms with Crippen LogP contribution in [-0.2, 0) is 14.4 Å². The third-order valence-corrected chi connectivity index (χ3v) is 8.80. The number of nitrogens with zero attached hydrogens (tertiary/aromatic N) is 4. The molecule has 2 N–H and O–H groups in total. The van der Waals surface area contributed by atoms with Crippen molar-refractivity contribution in [1.82, 2.24) is 10.3 Å². The van der Waals surface area contributed by atoms with Gasteiger partial charge in [-0.1, -0.05) is 18.2 Å². The molecule has 0 radical (unpaired) electrons. The van der Waals surface area contributed by atoms with Gasteiger partial charge in [0.05, 0.1) is 17.3 Å². The molecule has 0 bridgehead atoms. The van der Waals surface area contributed by atoms with Crippen LogP contribution in [0.3, 0.4) is 0 Å². The lowest BCUT2D eigenvalue weighted by atomic mass is 9.91. The van der Waals surface area contributed by atoms with Crippen LogP contribution in [-0.4, -0.2) is 51.9 Å². The van der Waals surface area contributed by atoms with E-state index in [-0.39, 0.29) is 35.5 Å². The van der Waals surface area contributed by atoms with Crippen molar-refractivity contribution >= 4 is 51.8 Å². The fourth-order valence-corrected chi connectivity index (χ4v) is 6.32. The number of hydrogen-bond acceptors (Lipinski definition) is 6. The van der Waals surface area contributed by atoms with E-state index in [0.717, 1.165) is 21.9 Å². The molecule has 2 heterocycles. The van der Waals surface area contributed by atoms with Crippen LogP contribution < -0.4 is 15.1 Å². The Kier molecular flexibility index (Phi) is 9.40. The van der Waals surface area contributed by atoms with Crippen molar-refractivity contribution < 1.29 is 37.1 Å². The van der Waals surface area contributed by atoms with E-state index in [4.69, 9.17) is 0 Å². The van der Waals surface area contributed by atoms with Crippen molar-refractivity contribution in [3.8, 4) is 6.07 Å². The SMILES string of the molecule is N#Cc1ccnc(N2C(=O)[C@H](O)C[C@H]2C(=O)N(c2cc(F)cc(F)c2)[C@H](C(=O)NC2CCC(F)(F)CC2)c2ccccc2I)c1. The van der Waals surface area contributed by atoms with Gasteiger partial charge in [-0.25, -0.2) is 22.5 Å². The van der Waals surface area contributed by atoms with Crippen molar-refractivity contribution in [2.45, 2.75) is 62.3 Å². The summed E-state index contributed by atoms with van der Waals surface area (Å²) < 4.78 is 57.6. The van der Waals surface area contributed by atoms with E-state index in [0.29, 0.717) is 9.64 Å². The lowest BCUT2D eigenvalue weighted by molar-refractivity contribution is -0.128. The monoisotopic (exact) mass is 735 g/mol. The lowest BCUT2D eigenvalue weighted by Gasteiger charge is -2.37. The zero-order valence-corrected chi connectivity index (χ0v) is 25.6. The Morgan fingerprint density at radius 2 is 1.78 bits per heavy atom. The highest BCUT2D eigenvalue weighted by Crippen LogP contribution is 2.37. The number of aromatic nitrogens is 1. The summed E-state index contributed by atoms with van der Waals surface area (Å²) in [6.45, 7) is 0. The number of aliphatic hydroxyl groups excluding tert-OH is 1. The quantitative estimate of drug-likeness (QED) is 0.266. The Labute approximate surface area is 269 Å². The van der Waals surface area contributed by atoms with Crippen molar-refractivity contribution in [2.75, 3.05) is 9.80 Å². The van der Waals surface area contributed by atoms with Gasteiger partial charge in [-0.05, 0) is 71.3 Å². The van der Waals surface area contributed by atoms with Gasteiger partial charge in [0, 0.05) is 41.1 Å². The van der Waals surface area contributed by atoms with E-state index < -0.39 is 78.8 Å². The number of aliphatic hydroxyl groups is 1. The number of nitriles is 1. The Morgan fingerprint density at radius 1 is 1.11 bits per heavy atom. The zero-order chi connectivity index (χ0) is 32.5. The fraction of sp³-hybridized carbons (Fsp3) is 0.323. The largest absolute Gasteiger partial charge is 0.383 e. The van der Waals surface area contributed by atoms with Gasteiger partial charge in [0.15, 0.2) is 0 Å². The second-order valence-corrected chi connectivity index (χ2v) is 12.1. The zero-order valence-electron chi connectivity index (χ0n) is 23.5. The number of anilines is 2. The molecule has 1 aliphatic carbocycles. The lowest BCUT2D eigenvalue weighted by Crippen LogP contribution is -2.53. The van der Waals surface area contributed by atoms with Crippen LogP contribution in [0.25, 0.3) is 0 Å². The standard InChI is InChI=1S/C31H26F4IN5O4/c32-18-12-19(33)14-21(13-18)40(29(44)24-15-25(42)30(45)41(24)26-11-17(16-37)7-10-38-26)27(22-3-1-2-4-23(22)36)28(43)39-20-5-8-31(34,35)9-6-20/h1-4,7,10-14,20,24-25,27,42H,5-6,8-9,15H2,(H,39,43)/t24-,25+,27-/m0/s1. The van der Waals surface area contributed by atoms with Crippen molar-refractivity contribution in [1.29, 1.82) is 5.26 Å². The molecule has 234 valence electrons. The number of hydrogen-bond donors (Lipinski definition) is 2. The number of benzene rings is 2. The molecule has 1 saturated heterocycles. The molecule has 9 nitrogen and oxygen atoms in total. The molecule has 0 unspecified atom stereocenters. The summed E-state index contributed by atoms with van der Waals surface area (Å²) in [6.07, 6.45) is -1.84. The normalized spacial score (nSPS) is 20.4. The first kappa shape index (κ1) is 32.3. The van der Waals surface area contributed by atoms with Crippen LogP contribution >= 0.6 is 22.6 Å². The van der Waals surface area contributed by atoms with E-state index in [9.17, 15) is 42.3 Å². The molecule has 1 aliphatic heterocycles. The maximum Gasteiger partial charge on any atom is 0.257 e. The summed E-state index contributed by atoms with van der Waals surface area (Å²) in [5, 5.41) is 22.7. The molecule has 2 aromatic carbocycles. The summed E-state index contributed by atoms with van der Waals surface area (Å²) in [7, 11) is 0. The van der Waals surface area contributed by atoms with Crippen LogP contribution in [0.5, 0.6) is 0 Å². The minimum atomic E-state index is -2.87. The third kappa shape index (κ3) is 6.94. The first-order valence-corrected chi connectivity index (χ1v) is 15.1. The molecular weight excluding hydrogens is 709 g/mol. The van der Waals surface area contributed by atoms with Gasteiger partial charge in [-0.3, -0.25) is 24.2 Å². The second kappa shape index (κ2) is 13.1. The number of alkyl halides is 2. The van der Waals surface area contributed by atoms with E-state index in [1.54, 1.807) is 24.3 Å². The molecule has 3 aromatic rings. The minimum absolute atomic E-state index is 0.0299. The number of pyridine rings is 1. The average molecular weight is 735 g/mol. The number of halogens is 5. The fourth-order valence-electron chi connectivity index (χ4n) is 5.64. The smallest absolute Gasteiger partial charge is 0.257 e. The molecule has 14 heteroatoms. The minimum Gasteiger partial charge on any atom is -0.383 e. The molecule has 0 spiro atoms. The van der Waals surface area contributed by atoms with Crippen molar-refractivity contribution in [3.63, 3.8) is 0 Å². The molecular formula is C31H26F4IN5O4. The van der Waals surface area contributed by atoms with Gasteiger partial charge in [0.1, 0.15) is 35.6 Å². The van der Waals surface area contributed by atoms with E-state index in [1.165, 1.54) is 18.3 Å². The summed E-state index contributed by atoms with van der Waals surface area (Å²) in [5.74, 6) is -7.79. The molecule has 45 heavy (non-hydrogen) atoms. The Balaban J connectivity index is 1.63. The van der Waals surface area contributed by atoms with Crippen LogP contribution in [0.1, 0.15) is 49.3 Å². The van der Waals surface area contributed by atoms with Crippen LogP contribution in [0.2, 0.25) is 0 Å². The molecule has 2 aliphatic rings. The first-order valence-electron chi connectivity index (χ1n) is 14.0. The van der Waals surface area contributed by atoms with Crippen LogP contribution in [0.4, 0.5) is 29.1 Å². The molecule has 1 saturated carbocycles. The maximum atomic E-state index is 14.7. The number of nitrogens with one attached hydrogen (secondary N) is 1. The van der Waals surface area contributed by atoms with Crippen molar-refractivity contribution in [3.05, 3.63) is 87.1 Å². The number of carbonyl (C=O) groups excluding carboxylic acids is 3. The van der Waals surface area contributed by atoms with Gasteiger partial charge in [-0.15, -0.1) is 0 Å². The van der Waals surface area contributed by atoms with Crippen LogP contribution in [0, 0.1) is 26.5 Å². The van der Waals surface area contributed by atoms with Gasteiger partial charge < -0.3 is 10.4 Å². The third-order valence-electron chi connectivity index (χ3n) is 7.82. The summed E-state index contributed by atoms with van der Waals surface area (Å²) in [6, 6.07) is 9.53. The maximum absolute atomic E-state index is 14.7. The summed E-state index contributed by atoms with van der Waals surface area (Å²) >= 11 is 1.94. The summed E-state index contributed by atoms with van der Waals surface area (Å²) in [4.78, 5) is 47.7. The first-order chi connectivity index (χ1) is 21.4. The van der Waals surface area contributed by atoms with E-state index in [2.05, 4.69) is 10.3 Å². The molecule has 1 aromatic heterocycles. The Morgan fingerprint density at radius 3 is 2.42 bits per heavy atom. The topological polar surface area (TPSA) is 127 Å². The number of amides is 3. The number of rotatable bonds is 7. The highest BCUT2D eigenvalue weighted by atomic mass is 127. The molecule has 5 rings (SSSR count). The van der Waals surface area contributed by atoms with Crippen LogP contribution in [0.15, 0.2) is 60.8 Å². The average Bonchev–Trinajstić information content (AvgIpc) is 3.30. The van der Waals surface area contributed by atoms with Gasteiger partial charge >= 0.3 is 0 Å². The second-order valence-electron chi connectivity index (χ2n) is 10.9. The predicted molar refractivity (Wildman–Crippen MR) is 162 cm³/mol. The van der Waals surface area contributed by atoms with E-state index in [1.807, 2.05) is 28.7 Å². The summed E-state index contributed by atoms with van der Waals surface area (Å²) in [5.41, 5.74) is 0.00869. The van der Waals surface area contributed by atoms with Gasteiger partial charge in [0.25, 0.3) is 11.8 Å².